The third kappa shape index (κ3) is 4.24. The van der Waals surface area contributed by atoms with Gasteiger partial charge >= 0.3 is 0 Å². The van der Waals surface area contributed by atoms with E-state index in [-0.39, 0.29) is 25.0 Å². The highest BCUT2D eigenvalue weighted by atomic mass is 19.1. The maximum atomic E-state index is 14.6. The largest absolute Gasteiger partial charge is 0.389 e. The molecule has 1 heterocycles. The second kappa shape index (κ2) is 9.40. The topological polar surface area (TPSA) is 103 Å². The van der Waals surface area contributed by atoms with Crippen LogP contribution in [0.25, 0.3) is 0 Å². The Morgan fingerprint density at radius 3 is 2.52 bits per heavy atom. The van der Waals surface area contributed by atoms with Crippen molar-refractivity contribution in [2.24, 2.45) is 5.41 Å². The van der Waals surface area contributed by atoms with E-state index in [2.05, 4.69) is 5.32 Å². The first kappa shape index (κ1) is 23.7. The maximum absolute atomic E-state index is 14.6. The van der Waals surface area contributed by atoms with Gasteiger partial charge < -0.3 is 20.1 Å². The zero-order chi connectivity index (χ0) is 23.6. The summed E-state index contributed by atoms with van der Waals surface area (Å²) >= 11 is 0. The normalized spacial score (nSPS) is 31.2. The zero-order valence-electron chi connectivity index (χ0n) is 19.1. The van der Waals surface area contributed by atoms with E-state index in [4.69, 9.17) is 4.74 Å². The SMILES string of the molecule is COC1CCC(O)(C2(C(=O)N3C[C@H](F)C[C@@H]3C(=O)Nc3ccccc3C#N)CCCC2)CC1. The first-order chi connectivity index (χ1) is 15.8. The van der Waals surface area contributed by atoms with Gasteiger partial charge in [0.05, 0.1) is 34.9 Å². The minimum atomic E-state index is -1.31. The Morgan fingerprint density at radius 2 is 1.88 bits per heavy atom. The van der Waals surface area contributed by atoms with Crippen molar-refractivity contribution in [3.05, 3.63) is 29.8 Å². The fourth-order valence-corrected chi connectivity index (χ4v) is 6.08. The van der Waals surface area contributed by atoms with E-state index in [1.165, 1.54) is 4.90 Å². The average molecular weight is 458 g/mol. The average Bonchev–Trinajstić information content (AvgIpc) is 3.48. The first-order valence-electron chi connectivity index (χ1n) is 11.8. The number of halogens is 1. The number of nitrogens with zero attached hydrogens (tertiary/aromatic N) is 2. The van der Waals surface area contributed by atoms with Gasteiger partial charge in [-0.2, -0.15) is 5.26 Å². The maximum Gasteiger partial charge on any atom is 0.247 e. The number of para-hydroxylation sites is 1. The monoisotopic (exact) mass is 457 g/mol. The van der Waals surface area contributed by atoms with Crippen molar-refractivity contribution in [3.8, 4) is 6.07 Å². The van der Waals surface area contributed by atoms with E-state index in [0.29, 0.717) is 49.8 Å². The van der Waals surface area contributed by atoms with Gasteiger partial charge in [-0.1, -0.05) is 25.0 Å². The second-order valence-corrected chi connectivity index (χ2v) is 9.71. The van der Waals surface area contributed by atoms with Crippen molar-refractivity contribution in [2.45, 2.75) is 81.7 Å². The van der Waals surface area contributed by atoms with E-state index in [1.807, 2.05) is 6.07 Å². The lowest BCUT2D eigenvalue weighted by Gasteiger charge is -2.49. The number of rotatable bonds is 5. The molecule has 0 unspecified atom stereocenters. The molecule has 4 rings (SSSR count). The van der Waals surface area contributed by atoms with Crippen LogP contribution in [0, 0.1) is 16.7 Å². The molecule has 3 aliphatic rings. The Balaban J connectivity index is 1.58. The lowest BCUT2D eigenvalue weighted by Crippen LogP contribution is -2.60. The molecule has 33 heavy (non-hydrogen) atoms. The quantitative estimate of drug-likeness (QED) is 0.706. The summed E-state index contributed by atoms with van der Waals surface area (Å²) in [4.78, 5) is 28.5. The molecular formula is C25H32FN3O4. The molecule has 2 aliphatic carbocycles. The fraction of sp³-hybridized carbons (Fsp3) is 0.640. The Morgan fingerprint density at radius 1 is 1.21 bits per heavy atom. The van der Waals surface area contributed by atoms with Gasteiger partial charge in [0.25, 0.3) is 0 Å². The number of hydrogen-bond acceptors (Lipinski definition) is 5. The Kier molecular flexibility index (Phi) is 6.73. The van der Waals surface area contributed by atoms with Crippen LogP contribution in [0.1, 0.15) is 63.4 Å². The van der Waals surface area contributed by atoms with Crippen LogP contribution >= 0.6 is 0 Å². The molecule has 1 aromatic rings. The van der Waals surface area contributed by atoms with Crippen LogP contribution in [0.5, 0.6) is 0 Å². The molecule has 0 radical (unpaired) electrons. The molecule has 2 atom stereocenters. The van der Waals surface area contributed by atoms with E-state index in [1.54, 1.807) is 31.4 Å². The minimum absolute atomic E-state index is 0.0690. The van der Waals surface area contributed by atoms with Gasteiger partial charge in [0.1, 0.15) is 18.3 Å². The van der Waals surface area contributed by atoms with Crippen LogP contribution in [0.15, 0.2) is 24.3 Å². The number of aliphatic hydroxyl groups is 1. The number of hydrogen-bond donors (Lipinski definition) is 2. The van der Waals surface area contributed by atoms with Crippen LogP contribution in [0.3, 0.4) is 0 Å². The Labute approximate surface area is 193 Å². The lowest BCUT2D eigenvalue weighted by atomic mass is 9.62. The van der Waals surface area contributed by atoms with Gasteiger partial charge in [-0.15, -0.1) is 0 Å². The summed E-state index contributed by atoms with van der Waals surface area (Å²) in [6, 6.07) is 7.65. The highest BCUT2D eigenvalue weighted by Gasteiger charge is 2.60. The molecule has 3 fully saturated rings. The van der Waals surface area contributed by atoms with Crippen molar-refractivity contribution < 1.29 is 23.8 Å². The molecule has 8 heteroatoms. The van der Waals surface area contributed by atoms with Crippen molar-refractivity contribution in [3.63, 3.8) is 0 Å². The molecule has 178 valence electrons. The summed E-state index contributed by atoms with van der Waals surface area (Å²) in [6.07, 6.45) is 3.64. The summed E-state index contributed by atoms with van der Waals surface area (Å²) in [5, 5.41) is 23.7. The Bertz CT molecular complexity index is 932. The number of amides is 2. The van der Waals surface area contributed by atoms with Gasteiger partial charge in [-0.25, -0.2) is 4.39 Å². The molecule has 1 aromatic carbocycles. The molecular weight excluding hydrogens is 425 g/mol. The third-order valence-electron chi connectivity index (χ3n) is 7.97. The minimum Gasteiger partial charge on any atom is -0.389 e. The summed E-state index contributed by atoms with van der Waals surface area (Å²) in [5.74, 6) is -0.818. The predicted octanol–water partition coefficient (Wildman–Crippen LogP) is 3.32. The number of anilines is 1. The number of benzene rings is 1. The lowest BCUT2D eigenvalue weighted by molar-refractivity contribution is -0.173. The van der Waals surface area contributed by atoms with Gasteiger partial charge in [0.2, 0.25) is 11.8 Å². The number of alkyl halides is 1. The van der Waals surface area contributed by atoms with Crippen LogP contribution in [0.2, 0.25) is 0 Å². The molecule has 0 spiro atoms. The standard InChI is InChI=1S/C25H32FN3O4/c1-33-19-8-12-25(32,13-9-19)24(10-4-5-11-24)23(31)29-16-18(26)14-21(29)22(30)28-20-7-3-2-6-17(20)15-27/h2-3,6-7,18-19,21,32H,4-5,8-14,16H2,1H3,(H,28,30)/t18-,19?,21-,25?/m1/s1. The molecule has 2 saturated carbocycles. The van der Waals surface area contributed by atoms with Gasteiger partial charge in [0.15, 0.2) is 0 Å². The third-order valence-corrected chi connectivity index (χ3v) is 7.97. The predicted molar refractivity (Wildman–Crippen MR) is 120 cm³/mol. The van der Waals surface area contributed by atoms with Crippen molar-refractivity contribution in [1.82, 2.24) is 4.90 Å². The highest BCUT2D eigenvalue weighted by molar-refractivity contribution is 5.99. The van der Waals surface area contributed by atoms with Crippen molar-refractivity contribution in [2.75, 3.05) is 19.0 Å². The van der Waals surface area contributed by atoms with E-state index in [9.17, 15) is 24.3 Å². The molecule has 0 bridgehead atoms. The number of nitrogens with one attached hydrogen (secondary N) is 1. The fourth-order valence-electron chi connectivity index (χ4n) is 6.08. The van der Waals surface area contributed by atoms with E-state index < -0.39 is 29.1 Å². The van der Waals surface area contributed by atoms with Gasteiger partial charge in [-0.3, -0.25) is 9.59 Å². The number of nitriles is 1. The van der Waals surface area contributed by atoms with Crippen molar-refractivity contribution >= 4 is 17.5 Å². The van der Waals surface area contributed by atoms with E-state index in [0.717, 1.165) is 12.8 Å². The van der Waals surface area contributed by atoms with Crippen molar-refractivity contribution in [1.29, 1.82) is 5.26 Å². The zero-order valence-corrected chi connectivity index (χ0v) is 19.1. The molecule has 2 N–H and O–H groups in total. The molecule has 1 saturated heterocycles. The number of carbonyl (C=O) groups is 2. The van der Waals surface area contributed by atoms with Gasteiger partial charge in [-0.05, 0) is 50.7 Å². The molecule has 1 aliphatic heterocycles. The summed E-state index contributed by atoms with van der Waals surface area (Å²) in [7, 11) is 1.66. The van der Waals surface area contributed by atoms with E-state index >= 15 is 0 Å². The summed E-state index contributed by atoms with van der Waals surface area (Å²) < 4.78 is 20.0. The number of carbonyl (C=O) groups excluding carboxylic acids is 2. The van der Waals surface area contributed by atoms with Crippen LogP contribution in [-0.4, -0.2) is 59.4 Å². The smallest absolute Gasteiger partial charge is 0.247 e. The Hall–Kier alpha value is -2.50. The molecule has 7 nitrogen and oxygen atoms in total. The van der Waals surface area contributed by atoms with Crippen LogP contribution in [0.4, 0.5) is 10.1 Å². The first-order valence-corrected chi connectivity index (χ1v) is 11.8. The summed E-state index contributed by atoms with van der Waals surface area (Å²) in [5.41, 5.74) is -1.54. The highest BCUT2D eigenvalue weighted by Crippen LogP contribution is 2.54. The second-order valence-electron chi connectivity index (χ2n) is 9.71. The summed E-state index contributed by atoms with van der Waals surface area (Å²) in [6.45, 7) is -0.157. The number of ether oxygens (including phenoxy) is 1. The van der Waals surface area contributed by atoms with Crippen LogP contribution in [-0.2, 0) is 14.3 Å². The number of methoxy groups -OCH3 is 1. The van der Waals surface area contributed by atoms with Crippen LogP contribution < -0.4 is 5.32 Å². The van der Waals surface area contributed by atoms with Gasteiger partial charge in [0, 0.05) is 13.5 Å². The number of likely N-dealkylation sites (tertiary alicyclic amines) is 1. The molecule has 2 amide bonds. The molecule has 0 aromatic heterocycles.